The molecule has 118 valence electrons. The summed E-state index contributed by atoms with van der Waals surface area (Å²) >= 11 is 0. The predicted molar refractivity (Wildman–Crippen MR) is 87.1 cm³/mol. The van der Waals surface area contributed by atoms with E-state index >= 15 is 0 Å². The largest absolute Gasteiger partial charge is 0.275 e. The van der Waals surface area contributed by atoms with Crippen molar-refractivity contribution in [2.24, 2.45) is 7.05 Å². The van der Waals surface area contributed by atoms with E-state index in [1.807, 2.05) is 6.20 Å². The molecule has 0 N–H and O–H groups in total. The Kier molecular flexibility index (Phi) is 3.77. The number of aromatic nitrogens is 2. The molecular weight excluding hydrogens is 315 g/mol. The van der Waals surface area contributed by atoms with E-state index in [0.717, 1.165) is 22.4 Å². The van der Waals surface area contributed by atoms with Crippen LogP contribution in [0, 0.1) is 5.82 Å². The Morgan fingerprint density at radius 3 is 2.09 bits per heavy atom. The number of sulfone groups is 1. The van der Waals surface area contributed by atoms with E-state index in [1.165, 1.54) is 18.4 Å². The van der Waals surface area contributed by atoms with Crippen LogP contribution in [0.25, 0.3) is 22.4 Å². The van der Waals surface area contributed by atoms with Crippen molar-refractivity contribution < 1.29 is 12.8 Å². The first-order chi connectivity index (χ1) is 10.8. The van der Waals surface area contributed by atoms with Gasteiger partial charge in [0.15, 0.2) is 9.84 Å². The summed E-state index contributed by atoms with van der Waals surface area (Å²) in [7, 11) is -1.42. The number of hydrogen-bond donors (Lipinski definition) is 0. The van der Waals surface area contributed by atoms with Gasteiger partial charge in [0.1, 0.15) is 11.5 Å². The third-order valence-corrected chi connectivity index (χ3v) is 4.67. The fourth-order valence-electron chi connectivity index (χ4n) is 2.40. The SMILES string of the molecule is Cn1cc(-c2ccc(F)cc2)c(-c2ccc(S(C)(=O)=O)cc2)n1. The topological polar surface area (TPSA) is 52.0 Å². The Labute approximate surface area is 134 Å². The molecule has 0 saturated heterocycles. The van der Waals surface area contributed by atoms with E-state index in [9.17, 15) is 12.8 Å². The summed E-state index contributed by atoms with van der Waals surface area (Å²) < 4.78 is 37.9. The maximum absolute atomic E-state index is 13.1. The Morgan fingerprint density at radius 2 is 1.52 bits per heavy atom. The first-order valence-corrected chi connectivity index (χ1v) is 8.84. The number of benzene rings is 2. The summed E-state index contributed by atoms with van der Waals surface area (Å²) in [6.45, 7) is 0. The fourth-order valence-corrected chi connectivity index (χ4v) is 3.03. The maximum Gasteiger partial charge on any atom is 0.175 e. The van der Waals surface area contributed by atoms with Gasteiger partial charge in [0.2, 0.25) is 0 Å². The summed E-state index contributed by atoms with van der Waals surface area (Å²) in [4.78, 5) is 0.264. The molecule has 0 fully saturated rings. The standard InChI is InChI=1S/C17H15FN2O2S/c1-20-11-16(12-3-7-14(18)8-4-12)17(19-20)13-5-9-15(10-6-13)23(2,21)22/h3-11H,1-2H3. The summed E-state index contributed by atoms with van der Waals surface area (Å²) in [6.07, 6.45) is 3.03. The molecule has 3 aromatic rings. The molecule has 0 radical (unpaired) electrons. The summed E-state index contributed by atoms with van der Waals surface area (Å²) in [5.74, 6) is -0.295. The van der Waals surface area contributed by atoms with E-state index in [2.05, 4.69) is 5.10 Å². The Morgan fingerprint density at radius 1 is 0.957 bits per heavy atom. The molecule has 0 unspecified atom stereocenters. The highest BCUT2D eigenvalue weighted by molar-refractivity contribution is 7.90. The normalized spacial score (nSPS) is 11.6. The van der Waals surface area contributed by atoms with Crippen molar-refractivity contribution in [2.45, 2.75) is 4.90 Å². The summed E-state index contributed by atoms with van der Waals surface area (Å²) in [5, 5.41) is 4.45. The van der Waals surface area contributed by atoms with Crippen LogP contribution in [-0.4, -0.2) is 24.5 Å². The average molecular weight is 330 g/mol. The zero-order valence-corrected chi connectivity index (χ0v) is 13.5. The van der Waals surface area contributed by atoms with Gasteiger partial charge in [-0.05, 0) is 29.8 Å². The van der Waals surface area contributed by atoms with Crippen molar-refractivity contribution in [1.29, 1.82) is 0 Å². The Hall–Kier alpha value is -2.47. The molecule has 0 spiro atoms. The van der Waals surface area contributed by atoms with Crippen molar-refractivity contribution in [1.82, 2.24) is 9.78 Å². The van der Waals surface area contributed by atoms with Gasteiger partial charge in [-0.15, -0.1) is 0 Å². The Balaban J connectivity index is 2.09. The van der Waals surface area contributed by atoms with Gasteiger partial charge in [0, 0.05) is 30.6 Å². The third-order valence-electron chi connectivity index (χ3n) is 3.54. The molecule has 1 heterocycles. The number of aryl methyl sites for hydroxylation is 1. The van der Waals surface area contributed by atoms with Gasteiger partial charge in [-0.3, -0.25) is 4.68 Å². The highest BCUT2D eigenvalue weighted by Gasteiger charge is 2.13. The minimum absolute atomic E-state index is 0.264. The highest BCUT2D eigenvalue weighted by atomic mass is 32.2. The lowest BCUT2D eigenvalue weighted by molar-refractivity contribution is 0.602. The van der Waals surface area contributed by atoms with Gasteiger partial charge in [-0.2, -0.15) is 5.10 Å². The zero-order valence-electron chi connectivity index (χ0n) is 12.7. The van der Waals surface area contributed by atoms with E-state index in [0.29, 0.717) is 0 Å². The maximum atomic E-state index is 13.1. The molecule has 23 heavy (non-hydrogen) atoms. The van der Waals surface area contributed by atoms with Crippen molar-refractivity contribution >= 4 is 9.84 Å². The van der Waals surface area contributed by atoms with E-state index < -0.39 is 9.84 Å². The second kappa shape index (κ2) is 5.62. The van der Waals surface area contributed by atoms with Gasteiger partial charge in [0.05, 0.1) is 4.90 Å². The van der Waals surface area contributed by atoms with Crippen molar-refractivity contribution in [3.8, 4) is 22.4 Å². The van der Waals surface area contributed by atoms with Crippen LogP contribution in [0.4, 0.5) is 4.39 Å². The second-order valence-electron chi connectivity index (χ2n) is 5.37. The van der Waals surface area contributed by atoms with E-state index in [1.54, 1.807) is 48.1 Å². The molecule has 4 nitrogen and oxygen atoms in total. The van der Waals surface area contributed by atoms with Crippen molar-refractivity contribution in [2.75, 3.05) is 6.26 Å². The molecule has 0 bridgehead atoms. The monoisotopic (exact) mass is 330 g/mol. The van der Waals surface area contributed by atoms with Gasteiger partial charge >= 0.3 is 0 Å². The average Bonchev–Trinajstić information content (AvgIpc) is 2.89. The number of rotatable bonds is 3. The first-order valence-electron chi connectivity index (χ1n) is 6.95. The van der Waals surface area contributed by atoms with Crippen LogP contribution in [-0.2, 0) is 16.9 Å². The summed E-state index contributed by atoms with van der Waals surface area (Å²) in [5.41, 5.74) is 3.23. The van der Waals surface area contributed by atoms with Gasteiger partial charge in [-0.25, -0.2) is 12.8 Å². The van der Waals surface area contributed by atoms with Crippen molar-refractivity contribution in [3.05, 3.63) is 60.5 Å². The van der Waals surface area contributed by atoms with Crippen LogP contribution in [0.5, 0.6) is 0 Å². The quantitative estimate of drug-likeness (QED) is 0.740. The third kappa shape index (κ3) is 3.17. The molecule has 1 aromatic heterocycles. The van der Waals surface area contributed by atoms with Crippen LogP contribution in [0.15, 0.2) is 59.6 Å². The molecular formula is C17H15FN2O2S. The molecule has 0 atom stereocenters. The number of nitrogens with zero attached hydrogens (tertiary/aromatic N) is 2. The minimum Gasteiger partial charge on any atom is -0.275 e. The lowest BCUT2D eigenvalue weighted by atomic mass is 10.0. The lowest BCUT2D eigenvalue weighted by Gasteiger charge is -2.04. The predicted octanol–water partition coefficient (Wildman–Crippen LogP) is 3.30. The molecule has 0 amide bonds. The van der Waals surface area contributed by atoms with Crippen LogP contribution < -0.4 is 0 Å². The van der Waals surface area contributed by atoms with Crippen LogP contribution in [0.2, 0.25) is 0 Å². The van der Waals surface area contributed by atoms with Gasteiger partial charge in [0.25, 0.3) is 0 Å². The first kappa shape index (κ1) is 15.4. The fraction of sp³-hybridized carbons (Fsp3) is 0.118. The number of halogens is 1. The highest BCUT2D eigenvalue weighted by Crippen LogP contribution is 2.31. The summed E-state index contributed by atoms with van der Waals surface area (Å²) in [6, 6.07) is 12.8. The molecule has 0 saturated carbocycles. The lowest BCUT2D eigenvalue weighted by Crippen LogP contribution is -1.96. The molecule has 0 aliphatic rings. The van der Waals surface area contributed by atoms with E-state index in [-0.39, 0.29) is 10.7 Å². The second-order valence-corrected chi connectivity index (χ2v) is 7.38. The minimum atomic E-state index is -3.23. The molecule has 0 aliphatic carbocycles. The molecule has 0 aliphatic heterocycles. The molecule has 6 heteroatoms. The Bertz CT molecular complexity index is 943. The molecule has 3 rings (SSSR count). The number of hydrogen-bond acceptors (Lipinski definition) is 3. The van der Waals surface area contributed by atoms with Gasteiger partial charge in [-0.1, -0.05) is 24.3 Å². The van der Waals surface area contributed by atoms with Crippen molar-refractivity contribution in [3.63, 3.8) is 0 Å². The molecule has 2 aromatic carbocycles. The van der Waals surface area contributed by atoms with E-state index in [4.69, 9.17) is 0 Å². The van der Waals surface area contributed by atoms with Crippen LogP contribution in [0.1, 0.15) is 0 Å². The van der Waals surface area contributed by atoms with Crippen LogP contribution in [0.3, 0.4) is 0 Å². The van der Waals surface area contributed by atoms with Gasteiger partial charge < -0.3 is 0 Å². The smallest absolute Gasteiger partial charge is 0.175 e. The zero-order chi connectivity index (χ0) is 16.6. The van der Waals surface area contributed by atoms with Crippen LogP contribution >= 0.6 is 0 Å².